The molecular weight excluding hydrogens is 284 g/mol. The molecule has 0 aromatic heterocycles. The van der Waals surface area contributed by atoms with Gasteiger partial charge in [-0.1, -0.05) is 0 Å². The van der Waals surface area contributed by atoms with Gasteiger partial charge in [-0.25, -0.2) is 4.79 Å². The van der Waals surface area contributed by atoms with Crippen LogP contribution in [0.5, 0.6) is 0 Å². The molecule has 1 N–H and O–H groups in total. The van der Waals surface area contributed by atoms with E-state index in [0.29, 0.717) is 33.0 Å². The van der Waals surface area contributed by atoms with Crippen LogP contribution in [0.25, 0.3) is 0 Å². The topological polar surface area (TPSA) is 60.0 Å². The first-order chi connectivity index (χ1) is 10.0. The Kier molecular flexibility index (Phi) is 9.64. The molecule has 0 fully saturated rings. The summed E-state index contributed by atoms with van der Waals surface area (Å²) in [6.45, 7) is 15.6. The molecule has 132 valence electrons. The van der Waals surface area contributed by atoms with Crippen LogP contribution in [-0.4, -0.2) is 68.7 Å². The molecule has 1 amide bonds. The van der Waals surface area contributed by atoms with E-state index < -0.39 is 11.7 Å². The summed E-state index contributed by atoms with van der Waals surface area (Å²) >= 11 is 0. The van der Waals surface area contributed by atoms with E-state index in [2.05, 4.69) is 38.0 Å². The largest absolute Gasteiger partial charge is 0.444 e. The molecule has 0 aromatic carbocycles. The monoisotopic (exact) mass is 318 g/mol. The van der Waals surface area contributed by atoms with E-state index in [-0.39, 0.29) is 5.54 Å². The van der Waals surface area contributed by atoms with Gasteiger partial charge >= 0.3 is 6.09 Å². The number of amides is 1. The molecule has 0 rings (SSSR count). The third-order valence-corrected chi connectivity index (χ3v) is 3.00. The Bertz CT molecular complexity index is 308. The molecule has 0 saturated heterocycles. The quantitative estimate of drug-likeness (QED) is 0.661. The molecule has 0 aliphatic heterocycles. The number of ether oxygens (including phenoxy) is 3. The van der Waals surface area contributed by atoms with Gasteiger partial charge in [0.2, 0.25) is 0 Å². The first-order valence-electron chi connectivity index (χ1n) is 7.86. The zero-order chi connectivity index (χ0) is 17.2. The second-order valence-electron chi connectivity index (χ2n) is 7.25. The lowest BCUT2D eigenvalue weighted by Crippen LogP contribution is -2.40. The summed E-state index contributed by atoms with van der Waals surface area (Å²) in [6, 6.07) is 0. The van der Waals surface area contributed by atoms with Crippen LogP contribution >= 0.6 is 0 Å². The van der Waals surface area contributed by atoms with Gasteiger partial charge in [0.25, 0.3) is 0 Å². The van der Waals surface area contributed by atoms with Gasteiger partial charge in [-0.05, 0) is 48.6 Å². The van der Waals surface area contributed by atoms with Crippen LogP contribution in [-0.2, 0) is 14.2 Å². The molecule has 0 radical (unpaired) electrons. The summed E-state index contributed by atoms with van der Waals surface area (Å²) in [4.78, 5) is 13.6. The van der Waals surface area contributed by atoms with E-state index in [9.17, 15) is 4.79 Å². The first-order valence-corrected chi connectivity index (χ1v) is 7.86. The Morgan fingerprint density at radius 1 is 0.955 bits per heavy atom. The van der Waals surface area contributed by atoms with Crippen molar-refractivity contribution in [3.8, 4) is 0 Å². The van der Waals surface area contributed by atoms with E-state index in [1.807, 2.05) is 20.8 Å². The predicted octanol–water partition coefficient (Wildman–Crippen LogP) is 2.27. The summed E-state index contributed by atoms with van der Waals surface area (Å²) < 4.78 is 16.0. The number of nitrogens with zero attached hydrogens (tertiary/aromatic N) is 1. The van der Waals surface area contributed by atoms with Crippen LogP contribution in [0.2, 0.25) is 0 Å². The van der Waals surface area contributed by atoms with Gasteiger partial charge in [-0.2, -0.15) is 0 Å². The van der Waals surface area contributed by atoms with Gasteiger partial charge in [0.1, 0.15) is 5.60 Å². The number of carbonyl (C=O) groups is 1. The number of carbonyl (C=O) groups excluding carboxylic acids is 1. The Morgan fingerprint density at radius 3 is 2.00 bits per heavy atom. The van der Waals surface area contributed by atoms with Crippen molar-refractivity contribution in [2.24, 2.45) is 0 Å². The number of hydrogen-bond acceptors (Lipinski definition) is 5. The van der Waals surface area contributed by atoms with Crippen molar-refractivity contribution >= 4 is 6.09 Å². The molecule has 6 nitrogen and oxygen atoms in total. The van der Waals surface area contributed by atoms with Gasteiger partial charge in [0, 0.05) is 18.6 Å². The van der Waals surface area contributed by atoms with Crippen molar-refractivity contribution in [3.63, 3.8) is 0 Å². The average Bonchev–Trinajstić information content (AvgIpc) is 2.33. The van der Waals surface area contributed by atoms with E-state index in [0.717, 1.165) is 6.54 Å². The van der Waals surface area contributed by atoms with Crippen LogP contribution in [0.1, 0.15) is 41.5 Å². The molecule has 0 atom stereocenters. The molecular formula is C16H34N2O4. The van der Waals surface area contributed by atoms with E-state index >= 15 is 0 Å². The molecule has 0 heterocycles. The highest BCUT2D eigenvalue weighted by Crippen LogP contribution is 2.09. The first kappa shape index (κ1) is 21.1. The second kappa shape index (κ2) is 10.0. The van der Waals surface area contributed by atoms with Gasteiger partial charge in [0.05, 0.1) is 26.4 Å². The van der Waals surface area contributed by atoms with Crippen molar-refractivity contribution in [3.05, 3.63) is 0 Å². The van der Waals surface area contributed by atoms with Gasteiger partial charge in [0.15, 0.2) is 0 Å². The zero-order valence-corrected chi connectivity index (χ0v) is 15.3. The van der Waals surface area contributed by atoms with Crippen molar-refractivity contribution in [2.75, 3.05) is 46.6 Å². The standard InChI is InChI=1S/C16H34N2O4/c1-15(2,3)18(7)9-11-21-13-12-20-10-8-17-14(19)22-16(4,5)6/h8-13H2,1-7H3,(H,17,19). The summed E-state index contributed by atoms with van der Waals surface area (Å²) in [7, 11) is 2.09. The molecule has 0 spiro atoms. The third kappa shape index (κ3) is 12.9. The summed E-state index contributed by atoms with van der Waals surface area (Å²) in [5, 5.41) is 2.64. The van der Waals surface area contributed by atoms with E-state index in [1.165, 1.54) is 0 Å². The number of hydrogen-bond donors (Lipinski definition) is 1. The second-order valence-corrected chi connectivity index (χ2v) is 7.25. The number of alkyl carbamates (subject to hydrolysis) is 1. The fourth-order valence-electron chi connectivity index (χ4n) is 1.40. The number of likely N-dealkylation sites (N-methyl/N-ethyl adjacent to an activating group) is 1. The van der Waals surface area contributed by atoms with E-state index in [4.69, 9.17) is 14.2 Å². The SMILES string of the molecule is CN(CCOCCOCCNC(=O)OC(C)(C)C)C(C)(C)C. The van der Waals surface area contributed by atoms with Crippen LogP contribution in [0.15, 0.2) is 0 Å². The minimum Gasteiger partial charge on any atom is -0.444 e. The van der Waals surface area contributed by atoms with Crippen LogP contribution in [0, 0.1) is 0 Å². The fourth-order valence-corrected chi connectivity index (χ4v) is 1.40. The van der Waals surface area contributed by atoms with E-state index in [1.54, 1.807) is 0 Å². The molecule has 0 unspecified atom stereocenters. The molecule has 0 aromatic rings. The molecule has 0 aliphatic rings. The van der Waals surface area contributed by atoms with Crippen LogP contribution in [0.4, 0.5) is 4.79 Å². The third-order valence-electron chi connectivity index (χ3n) is 3.00. The molecule has 22 heavy (non-hydrogen) atoms. The maximum Gasteiger partial charge on any atom is 0.407 e. The maximum absolute atomic E-state index is 11.4. The lowest BCUT2D eigenvalue weighted by atomic mass is 10.1. The highest BCUT2D eigenvalue weighted by molar-refractivity contribution is 5.67. The van der Waals surface area contributed by atoms with Gasteiger partial charge in [-0.3, -0.25) is 4.90 Å². The summed E-state index contributed by atoms with van der Waals surface area (Å²) in [5.41, 5.74) is -0.313. The highest BCUT2D eigenvalue weighted by Gasteiger charge is 2.16. The minimum absolute atomic E-state index is 0.160. The summed E-state index contributed by atoms with van der Waals surface area (Å²) in [5.74, 6) is 0. The fraction of sp³-hybridized carbons (Fsp3) is 0.938. The minimum atomic E-state index is -0.473. The lowest BCUT2D eigenvalue weighted by molar-refractivity contribution is 0.0292. The number of nitrogens with one attached hydrogen (secondary N) is 1. The normalized spacial score (nSPS) is 12.5. The maximum atomic E-state index is 11.4. The van der Waals surface area contributed by atoms with Crippen molar-refractivity contribution < 1.29 is 19.0 Å². The predicted molar refractivity (Wildman–Crippen MR) is 88.3 cm³/mol. The molecule has 0 saturated carbocycles. The van der Waals surface area contributed by atoms with Crippen LogP contribution < -0.4 is 5.32 Å². The van der Waals surface area contributed by atoms with Gasteiger partial charge in [-0.15, -0.1) is 0 Å². The van der Waals surface area contributed by atoms with Crippen molar-refractivity contribution in [1.82, 2.24) is 10.2 Å². The molecule has 0 aliphatic carbocycles. The Balaban J connectivity index is 3.40. The average molecular weight is 318 g/mol. The van der Waals surface area contributed by atoms with Crippen LogP contribution in [0.3, 0.4) is 0 Å². The number of rotatable bonds is 9. The molecule has 6 heteroatoms. The smallest absolute Gasteiger partial charge is 0.407 e. The summed E-state index contributed by atoms with van der Waals surface area (Å²) in [6.07, 6.45) is -0.419. The molecule has 0 bridgehead atoms. The lowest BCUT2D eigenvalue weighted by Gasteiger charge is -2.31. The zero-order valence-electron chi connectivity index (χ0n) is 15.3. The Labute approximate surface area is 135 Å². The van der Waals surface area contributed by atoms with Gasteiger partial charge < -0.3 is 19.5 Å². The highest BCUT2D eigenvalue weighted by atomic mass is 16.6. The Hall–Kier alpha value is -0.850. The Morgan fingerprint density at radius 2 is 1.50 bits per heavy atom. The van der Waals surface area contributed by atoms with Crippen molar-refractivity contribution in [2.45, 2.75) is 52.7 Å². The van der Waals surface area contributed by atoms with Crippen molar-refractivity contribution in [1.29, 1.82) is 0 Å².